The van der Waals surface area contributed by atoms with E-state index >= 15 is 0 Å². The van der Waals surface area contributed by atoms with Crippen LogP contribution in [-0.2, 0) is 6.42 Å². The van der Waals surface area contributed by atoms with Crippen molar-refractivity contribution in [2.45, 2.75) is 19.4 Å². The molecule has 0 bridgehead atoms. The number of hydrogen-bond donors (Lipinski definition) is 0. The Morgan fingerprint density at radius 2 is 2.09 bits per heavy atom. The molecule has 0 saturated heterocycles. The Morgan fingerprint density at radius 3 is 2.94 bits per heavy atom. The van der Waals surface area contributed by atoms with Crippen LogP contribution in [0.25, 0.3) is 11.0 Å². The third kappa shape index (κ3) is 3.53. The van der Waals surface area contributed by atoms with Crippen LogP contribution in [0.5, 0.6) is 23.0 Å². The molecular weight excluding hydrogens is 410 g/mol. The lowest BCUT2D eigenvalue weighted by Gasteiger charge is -2.32. The standard InChI is InChI=1S/C25H23NO6/c1-15-11-22(27)32-20-13-17(6-7-18(15)20)29-10-4-5-19-23-16(8-9-26(19)2)12-21-24(25(23)28-3)31-14-30-21/h6-7,11-13,19H,8-10,14H2,1-3H3. The summed E-state index contributed by atoms with van der Waals surface area (Å²) in [6.45, 7) is 3.15. The Labute approximate surface area is 185 Å². The van der Waals surface area contributed by atoms with Crippen LogP contribution in [0.1, 0.15) is 22.7 Å². The van der Waals surface area contributed by atoms with Crippen molar-refractivity contribution in [2.24, 2.45) is 0 Å². The Hall–Kier alpha value is -3.63. The summed E-state index contributed by atoms with van der Waals surface area (Å²) in [6.07, 6.45) is 0.884. The zero-order chi connectivity index (χ0) is 22.2. The molecule has 3 aromatic rings. The van der Waals surface area contributed by atoms with Gasteiger partial charge in [-0.05, 0) is 49.7 Å². The van der Waals surface area contributed by atoms with Crippen LogP contribution in [0.4, 0.5) is 0 Å². The molecule has 1 unspecified atom stereocenters. The highest BCUT2D eigenvalue weighted by Gasteiger charge is 2.33. The summed E-state index contributed by atoms with van der Waals surface area (Å²) in [6, 6.07) is 8.82. The van der Waals surface area contributed by atoms with Crippen LogP contribution in [0.15, 0.2) is 39.5 Å². The van der Waals surface area contributed by atoms with Gasteiger partial charge in [0.2, 0.25) is 12.5 Å². The fraction of sp³-hybridized carbons (Fsp3) is 0.320. The van der Waals surface area contributed by atoms with Crippen molar-refractivity contribution < 1.29 is 23.4 Å². The molecule has 5 rings (SSSR count). The molecule has 164 valence electrons. The number of hydrogen-bond acceptors (Lipinski definition) is 7. The largest absolute Gasteiger partial charge is 0.492 e. The second-order valence-corrected chi connectivity index (χ2v) is 7.87. The lowest BCUT2D eigenvalue weighted by atomic mass is 9.91. The molecule has 32 heavy (non-hydrogen) atoms. The first-order chi connectivity index (χ1) is 15.5. The number of methoxy groups -OCH3 is 1. The van der Waals surface area contributed by atoms with E-state index in [0.29, 0.717) is 22.8 Å². The predicted octanol–water partition coefficient (Wildman–Crippen LogP) is 3.45. The lowest BCUT2D eigenvalue weighted by molar-refractivity contribution is 0.171. The maximum absolute atomic E-state index is 11.6. The van der Waals surface area contributed by atoms with E-state index in [1.807, 2.05) is 32.2 Å². The number of fused-ring (bicyclic) bond motifs is 3. The fourth-order valence-corrected chi connectivity index (χ4v) is 4.27. The van der Waals surface area contributed by atoms with Gasteiger partial charge in [0, 0.05) is 29.6 Å². The summed E-state index contributed by atoms with van der Waals surface area (Å²) in [4.78, 5) is 13.8. The predicted molar refractivity (Wildman–Crippen MR) is 119 cm³/mol. The summed E-state index contributed by atoms with van der Waals surface area (Å²) in [5.41, 5.74) is 3.17. The van der Waals surface area contributed by atoms with Crippen LogP contribution in [0, 0.1) is 18.8 Å². The van der Waals surface area contributed by atoms with E-state index in [9.17, 15) is 4.79 Å². The Kier molecular flexibility index (Phi) is 5.16. The average Bonchev–Trinajstić information content (AvgIpc) is 3.24. The van der Waals surface area contributed by atoms with Crippen molar-refractivity contribution in [3.05, 3.63) is 57.4 Å². The van der Waals surface area contributed by atoms with Gasteiger partial charge in [0.1, 0.15) is 24.0 Å². The Bertz CT molecular complexity index is 1320. The zero-order valence-electron chi connectivity index (χ0n) is 18.2. The molecule has 0 fully saturated rings. The first-order valence-corrected chi connectivity index (χ1v) is 10.4. The van der Waals surface area contributed by atoms with Gasteiger partial charge in [-0.3, -0.25) is 4.90 Å². The van der Waals surface area contributed by atoms with E-state index in [1.165, 1.54) is 6.07 Å². The van der Waals surface area contributed by atoms with E-state index in [1.54, 1.807) is 13.2 Å². The highest BCUT2D eigenvalue weighted by atomic mass is 16.7. The zero-order valence-corrected chi connectivity index (χ0v) is 18.2. The maximum atomic E-state index is 11.6. The Morgan fingerprint density at radius 1 is 1.22 bits per heavy atom. The van der Waals surface area contributed by atoms with Crippen molar-refractivity contribution in [1.29, 1.82) is 0 Å². The molecule has 2 aliphatic rings. The van der Waals surface area contributed by atoms with Gasteiger partial charge in [-0.2, -0.15) is 0 Å². The van der Waals surface area contributed by atoms with Crippen molar-refractivity contribution in [3.63, 3.8) is 0 Å². The first kappa shape index (κ1) is 20.3. The van der Waals surface area contributed by atoms with Crippen LogP contribution >= 0.6 is 0 Å². The Balaban J connectivity index is 1.39. The summed E-state index contributed by atoms with van der Waals surface area (Å²) < 4.78 is 28.0. The molecule has 0 spiro atoms. The van der Waals surface area contributed by atoms with E-state index in [0.717, 1.165) is 40.8 Å². The lowest BCUT2D eigenvalue weighted by Crippen LogP contribution is -2.31. The van der Waals surface area contributed by atoms with Crippen LogP contribution in [0.2, 0.25) is 0 Å². The van der Waals surface area contributed by atoms with E-state index in [4.69, 9.17) is 23.4 Å². The normalized spacial score (nSPS) is 16.9. The number of likely N-dealkylation sites (N-methyl/N-ethyl adjacent to an activating group) is 1. The third-order valence-corrected chi connectivity index (χ3v) is 5.87. The molecule has 2 aliphatic heterocycles. The smallest absolute Gasteiger partial charge is 0.336 e. The first-order valence-electron chi connectivity index (χ1n) is 10.4. The molecule has 7 nitrogen and oxygen atoms in total. The quantitative estimate of drug-likeness (QED) is 0.463. The molecule has 1 atom stereocenters. The number of benzene rings is 2. The van der Waals surface area contributed by atoms with Crippen LogP contribution in [0.3, 0.4) is 0 Å². The van der Waals surface area contributed by atoms with Crippen molar-refractivity contribution in [2.75, 3.05) is 34.1 Å². The van der Waals surface area contributed by atoms with E-state index < -0.39 is 0 Å². The SMILES string of the molecule is COc1c2c(cc3c1C(C#CCOc1ccc4c(C)cc(=O)oc4c1)N(C)CC3)OCO2. The second kappa shape index (κ2) is 8.13. The van der Waals surface area contributed by atoms with Gasteiger partial charge in [-0.15, -0.1) is 0 Å². The summed E-state index contributed by atoms with van der Waals surface area (Å²) in [5, 5.41) is 0.884. The van der Waals surface area contributed by atoms with Crippen LogP contribution in [-0.4, -0.2) is 39.0 Å². The van der Waals surface area contributed by atoms with Crippen molar-refractivity contribution in [1.82, 2.24) is 4.90 Å². The average molecular weight is 433 g/mol. The number of nitrogens with zero attached hydrogens (tertiary/aromatic N) is 1. The molecule has 0 radical (unpaired) electrons. The summed E-state index contributed by atoms with van der Waals surface area (Å²) in [7, 11) is 3.68. The topological polar surface area (TPSA) is 70.4 Å². The molecule has 0 N–H and O–H groups in total. The number of rotatable bonds is 3. The molecular formula is C25H23NO6. The van der Waals surface area contributed by atoms with Gasteiger partial charge < -0.3 is 23.4 Å². The molecule has 2 aromatic carbocycles. The highest BCUT2D eigenvalue weighted by Crippen LogP contribution is 2.49. The highest BCUT2D eigenvalue weighted by molar-refractivity contribution is 5.81. The van der Waals surface area contributed by atoms with Gasteiger partial charge in [-0.25, -0.2) is 4.79 Å². The number of ether oxygens (including phenoxy) is 4. The van der Waals surface area contributed by atoms with Crippen molar-refractivity contribution in [3.8, 4) is 34.8 Å². The maximum Gasteiger partial charge on any atom is 0.336 e. The molecule has 3 heterocycles. The minimum Gasteiger partial charge on any atom is -0.492 e. The van der Waals surface area contributed by atoms with E-state index in [2.05, 4.69) is 16.7 Å². The molecule has 0 amide bonds. The summed E-state index contributed by atoms with van der Waals surface area (Å²) >= 11 is 0. The van der Waals surface area contributed by atoms with Crippen molar-refractivity contribution >= 4 is 11.0 Å². The molecule has 7 heteroatoms. The van der Waals surface area contributed by atoms with Crippen LogP contribution < -0.4 is 24.6 Å². The molecule has 0 aliphatic carbocycles. The van der Waals surface area contributed by atoms with Gasteiger partial charge in [0.25, 0.3) is 0 Å². The van der Waals surface area contributed by atoms with Gasteiger partial charge >= 0.3 is 5.63 Å². The third-order valence-electron chi connectivity index (χ3n) is 5.87. The van der Waals surface area contributed by atoms with Gasteiger partial charge in [0.05, 0.1) is 7.11 Å². The molecule has 0 saturated carbocycles. The van der Waals surface area contributed by atoms with Gasteiger partial charge in [0.15, 0.2) is 11.5 Å². The fourth-order valence-electron chi connectivity index (χ4n) is 4.27. The molecule has 1 aromatic heterocycles. The minimum absolute atomic E-state index is 0.149. The summed E-state index contributed by atoms with van der Waals surface area (Å²) in [5.74, 6) is 9.09. The monoisotopic (exact) mass is 433 g/mol. The minimum atomic E-state index is -0.374. The number of aryl methyl sites for hydroxylation is 1. The second-order valence-electron chi connectivity index (χ2n) is 7.87. The van der Waals surface area contributed by atoms with Gasteiger partial charge in [-0.1, -0.05) is 11.8 Å². The van der Waals surface area contributed by atoms with E-state index in [-0.39, 0.29) is 25.1 Å².